The van der Waals surface area contributed by atoms with Crippen molar-refractivity contribution in [2.75, 3.05) is 26.3 Å². The largest absolute Gasteiger partial charge is 0.378 e. The van der Waals surface area contributed by atoms with Crippen LogP contribution in [0.5, 0.6) is 0 Å². The zero-order valence-corrected chi connectivity index (χ0v) is 11.7. The van der Waals surface area contributed by atoms with E-state index in [0.29, 0.717) is 37.4 Å². The summed E-state index contributed by atoms with van der Waals surface area (Å²) in [5, 5.41) is 7.09. The molecular weight excluding hydrogens is 268 g/mol. The summed E-state index contributed by atoms with van der Waals surface area (Å²) in [5.41, 5.74) is 6.95. The van der Waals surface area contributed by atoms with Crippen LogP contribution in [0, 0.1) is 0 Å². The van der Waals surface area contributed by atoms with Crippen LogP contribution in [-0.4, -0.2) is 52.3 Å². The molecule has 1 aliphatic rings. The van der Waals surface area contributed by atoms with Gasteiger partial charge in [0.25, 0.3) is 0 Å². The number of aliphatic imine (C=N–C) groups is 1. The number of aromatic nitrogens is 3. The number of hydrogen-bond donors (Lipinski definition) is 2. The summed E-state index contributed by atoms with van der Waals surface area (Å²) in [6.45, 7) is 3.33. The highest BCUT2D eigenvalue weighted by molar-refractivity contribution is 5.78. The first-order valence-electron chi connectivity index (χ1n) is 6.92. The molecule has 21 heavy (non-hydrogen) atoms. The highest BCUT2D eigenvalue weighted by atomic mass is 16.5. The van der Waals surface area contributed by atoms with E-state index in [1.165, 1.54) is 0 Å². The van der Waals surface area contributed by atoms with Gasteiger partial charge in [0, 0.05) is 18.7 Å². The fraction of sp³-hybridized carbons (Fsp3) is 0.357. The Bertz CT molecular complexity index is 603. The number of rotatable bonds is 3. The Morgan fingerprint density at radius 3 is 2.81 bits per heavy atom. The number of hydrogen-bond acceptors (Lipinski definition) is 4. The number of nitrogens with two attached hydrogens (primary N) is 1. The minimum absolute atomic E-state index is 0.392. The molecule has 0 bridgehead atoms. The number of morpholine rings is 1. The summed E-state index contributed by atoms with van der Waals surface area (Å²) in [6.07, 6.45) is 0. The molecule has 0 spiro atoms. The van der Waals surface area contributed by atoms with Crippen LogP contribution in [0.4, 0.5) is 0 Å². The van der Waals surface area contributed by atoms with Gasteiger partial charge in [0.1, 0.15) is 12.4 Å². The monoisotopic (exact) mass is 286 g/mol. The lowest BCUT2D eigenvalue weighted by Crippen LogP contribution is -2.44. The lowest BCUT2D eigenvalue weighted by molar-refractivity contribution is 0.0674. The van der Waals surface area contributed by atoms with E-state index in [1.54, 1.807) is 0 Å². The van der Waals surface area contributed by atoms with E-state index in [9.17, 15) is 0 Å². The lowest BCUT2D eigenvalue weighted by Gasteiger charge is -2.27. The van der Waals surface area contributed by atoms with Crippen molar-refractivity contribution in [1.29, 1.82) is 0 Å². The molecule has 0 saturated carbocycles. The van der Waals surface area contributed by atoms with Crippen molar-refractivity contribution in [1.82, 2.24) is 20.1 Å². The molecule has 1 aromatic carbocycles. The zero-order chi connectivity index (χ0) is 14.5. The topological polar surface area (TPSA) is 92.4 Å². The minimum Gasteiger partial charge on any atom is -0.378 e. The van der Waals surface area contributed by atoms with Gasteiger partial charge in [0.05, 0.1) is 13.2 Å². The minimum atomic E-state index is 0.392. The maximum absolute atomic E-state index is 5.97. The third-order valence-corrected chi connectivity index (χ3v) is 3.29. The van der Waals surface area contributed by atoms with Crippen LogP contribution in [0.1, 0.15) is 5.82 Å². The molecular formula is C14H18N6O. The Balaban J connectivity index is 1.64. The van der Waals surface area contributed by atoms with E-state index in [2.05, 4.69) is 20.2 Å². The van der Waals surface area contributed by atoms with Crippen molar-refractivity contribution in [2.24, 2.45) is 10.7 Å². The molecule has 0 atom stereocenters. The molecule has 7 heteroatoms. The lowest BCUT2D eigenvalue weighted by atomic mass is 10.2. The summed E-state index contributed by atoms with van der Waals surface area (Å²) < 4.78 is 5.28. The summed E-state index contributed by atoms with van der Waals surface area (Å²) in [7, 11) is 0. The molecule has 3 rings (SSSR count). The van der Waals surface area contributed by atoms with Crippen molar-refractivity contribution in [2.45, 2.75) is 6.54 Å². The van der Waals surface area contributed by atoms with E-state index in [1.807, 2.05) is 35.2 Å². The number of benzene rings is 1. The van der Waals surface area contributed by atoms with Crippen molar-refractivity contribution < 1.29 is 4.74 Å². The molecule has 3 N–H and O–H groups in total. The third kappa shape index (κ3) is 3.38. The molecule has 1 saturated heterocycles. The van der Waals surface area contributed by atoms with Gasteiger partial charge >= 0.3 is 0 Å². The zero-order valence-electron chi connectivity index (χ0n) is 11.7. The SMILES string of the molecule is NC(=NCc1nc(-c2ccccc2)n[nH]1)N1CCOCC1. The van der Waals surface area contributed by atoms with E-state index in [0.717, 1.165) is 18.7 Å². The predicted octanol–water partition coefficient (Wildman–Crippen LogP) is 0.619. The van der Waals surface area contributed by atoms with Crippen molar-refractivity contribution >= 4 is 5.96 Å². The van der Waals surface area contributed by atoms with Gasteiger partial charge in [-0.25, -0.2) is 9.98 Å². The summed E-state index contributed by atoms with van der Waals surface area (Å²) >= 11 is 0. The fourth-order valence-corrected chi connectivity index (χ4v) is 2.13. The first kappa shape index (κ1) is 13.6. The molecule has 0 amide bonds. The predicted molar refractivity (Wildman–Crippen MR) is 79.5 cm³/mol. The molecule has 1 aliphatic heterocycles. The quantitative estimate of drug-likeness (QED) is 0.637. The van der Waals surface area contributed by atoms with Crippen molar-refractivity contribution in [3.8, 4) is 11.4 Å². The molecule has 7 nitrogen and oxygen atoms in total. The smallest absolute Gasteiger partial charge is 0.191 e. The Morgan fingerprint density at radius 2 is 2.05 bits per heavy atom. The van der Waals surface area contributed by atoms with E-state index < -0.39 is 0 Å². The van der Waals surface area contributed by atoms with E-state index in [4.69, 9.17) is 10.5 Å². The molecule has 0 radical (unpaired) electrons. The van der Waals surface area contributed by atoms with Crippen molar-refractivity contribution in [3.63, 3.8) is 0 Å². The first-order valence-corrected chi connectivity index (χ1v) is 6.92. The average Bonchev–Trinajstić information content (AvgIpc) is 3.03. The highest BCUT2D eigenvalue weighted by Gasteiger charge is 2.12. The third-order valence-electron chi connectivity index (χ3n) is 3.29. The maximum Gasteiger partial charge on any atom is 0.191 e. The summed E-state index contributed by atoms with van der Waals surface area (Å²) in [4.78, 5) is 10.8. The highest BCUT2D eigenvalue weighted by Crippen LogP contribution is 2.13. The Morgan fingerprint density at radius 1 is 1.29 bits per heavy atom. The second-order valence-electron chi connectivity index (χ2n) is 4.75. The van der Waals surface area contributed by atoms with Gasteiger partial charge < -0.3 is 15.4 Å². The number of aromatic amines is 1. The van der Waals surface area contributed by atoms with Gasteiger partial charge in [-0.15, -0.1) is 0 Å². The van der Waals surface area contributed by atoms with Gasteiger partial charge in [-0.2, -0.15) is 5.10 Å². The normalized spacial score (nSPS) is 16.2. The van der Waals surface area contributed by atoms with Gasteiger partial charge in [-0.3, -0.25) is 5.10 Å². The standard InChI is InChI=1S/C14H18N6O/c15-14(20-6-8-21-9-7-20)16-10-12-17-13(19-18-12)11-4-2-1-3-5-11/h1-5H,6-10H2,(H2,15,16)(H,17,18,19). The first-order chi connectivity index (χ1) is 10.3. The Kier molecular flexibility index (Phi) is 4.11. The average molecular weight is 286 g/mol. The number of ether oxygens (including phenoxy) is 1. The van der Waals surface area contributed by atoms with Crippen LogP contribution in [0.2, 0.25) is 0 Å². The van der Waals surface area contributed by atoms with Crippen LogP contribution in [0.25, 0.3) is 11.4 Å². The second-order valence-corrected chi connectivity index (χ2v) is 4.75. The number of guanidine groups is 1. The molecule has 1 fully saturated rings. The van der Waals surface area contributed by atoms with Gasteiger partial charge in [0.2, 0.25) is 0 Å². The van der Waals surface area contributed by atoms with Crippen LogP contribution in [0.3, 0.4) is 0 Å². The summed E-state index contributed by atoms with van der Waals surface area (Å²) in [5.74, 6) is 1.90. The second kappa shape index (κ2) is 6.36. The van der Waals surface area contributed by atoms with Crippen LogP contribution in [0.15, 0.2) is 35.3 Å². The number of nitrogens with one attached hydrogen (secondary N) is 1. The van der Waals surface area contributed by atoms with Crippen LogP contribution >= 0.6 is 0 Å². The molecule has 2 aromatic rings. The fourth-order valence-electron chi connectivity index (χ4n) is 2.13. The summed E-state index contributed by atoms with van der Waals surface area (Å²) in [6, 6.07) is 9.82. The molecule has 0 unspecified atom stereocenters. The van der Waals surface area contributed by atoms with Gasteiger partial charge in [-0.1, -0.05) is 30.3 Å². The van der Waals surface area contributed by atoms with Gasteiger partial charge in [-0.05, 0) is 0 Å². The Labute approximate surface area is 122 Å². The Hall–Kier alpha value is -2.41. The van der Waals surface area contributed by atoms with E-state index in [-0.39, 0.29) is 0 Å². The maximum atomic E-state index is 5.97. The molecule has 110 valence electrons. The van der Waals surface area contributed by atoms with E-state index >= 15 is 0 Å². The number of nitrogens with zero attached hydrogens (tertiary/aromatic N) is 4. The van der Waals surface area contributed by atoms with Crippen molar-refractivity contribution in [3.05, 3.63) is 36.2 Å². The molecule has 2 heterocycles. The van der Waals surface area contributed by atoms with Crippen LogP contribution in [-0.2, 0) is 11.3 Å². The molecule has 0 aliphatic carbocycles. The molecule has 1 aromatic heterocycles. The van der Waals surface area contributed by atoms with Gasteiger partial charge in [0.15, 0.2) is 11.8 Å². The van der Waals surface area contributed by atoms with Crippen LogP contribution < -0.4 is 5.73 Å². The number of H-pyrrole nitrogens is 1.